The molecule has 1 heterocycles. The average Bonchev–Trinajstić information content (AvgIpc) is 2.29. The van der Waals surface area contributed by atoms with Crippen molar-refractivity contribution in [1.29, 1.82) is 0 Å². The number of hydrogen-bond acceptors (Lipinski definition) is 4. The van der Waals surface area contributed by atoms with Crippen LogP contribution in [0, 0.1) is 5.92 Å². The van der Waals surface area contributed by atoms with Gasteiger partial charge in [-0.2, -0.15) is 11.8 Å². The van der Waals surface area contributed by atoms with Crippen molar-refractivity contribution in [3.63, 3.8) is 0 Å². The van der Waals surface area contributed by atoms with Crippen LogP contribution in [0.1, 0.15) is 19.8 Å². The molecule has 0 aromatic rings. The maximum Gasteiger partial charge on any atom is 0.303 e. The zero-order valence-corrected chi connectivity index (χ0v) is 11.7. The number of carbonyl (C=O) groups excluding carboxylic acids is 1. The summed E-state index contributed by atoms with van der Waals surface area (Å²) in [5.41, 5.74) is 0. The Hall–Kier alpha value is -0.750. The van der Waals surface area contributed by atoms with Gasteiger partial charge < -0.3 is 10.4 Å². The second-order valence-corrected chi connectivity index (χ2v) is 5.94. The van der Waals surface area contributed by atoms with Crippen LogP contribution in [0.4, 0.5) is 0 Å². The third-order valence-corrected chi connectivity index (χ3v) is 3.85. The van der Waals surface area contributed by atoms with E-state index in [1.807, 2.05) is 11.8 Å². The van der Waals surface area contributed by atoms with Crippen LogP contribution < -0.4 is 5.32 Å². The fourth-order valence-corrected chi connectivity index (χ4v) is 2.92. The Morgan fingerprint density at radius 3 is 2.61 bits per heavy atom. The number of rotatable bonds is 7. The van der Waals surface area contributed by atoms with E-state index in [1.165, 1.54) is 11.5 Å². The topological polar surface area (TPSA) is 69.6 Å². The molecule has 18 heavy (non-hydrogen) atoms. The van der Waals surface area contributed by atoms with Gasteiger partial charge in [0.15, 0.2) is 0 Å². The minimum Gasteiger partial charge on any atom is -0.481 e. The van der Waals surface area contributed by atoms with Gasteiger partial charge >= 0.3 is 5.97 Å². The highest BCUT2D eigenvalue weighted by molar-refractivity contribution is 7.99. The number of nitrogens with one attached hydrogen (secondary N) is 1. The molecule has 1 saturated heterocycles. The highest BCUT2D eigenvalue weighted by Crippen LogP contribution is 2.08. The summed E-state index contributed by atoms with van der Waals surface area (Å²) in [6.07, 6.45) is 0.346. The molecular weight excluding hydrogens is 252 g/mol. The van der Waals surface area contributed by atoms with Crippen molar-refractivity contribution in [1.82, 2.24) is 10.2 Å². The van der Waals surface area contributed by atoms with Gasteiger partial charge in [-0.1, -0.05) is 6.92 Å². The highest BCUT2D eigenvalue weighted by Gasteiger charge is 2.13. The second-order valence-electron chi connectivity index (χ2n) is 4.71. The summed E-state index contributed by atoms with van der Waals surface area (Å²) >= 11 is 1.97. The predicted molar refractivity (Wildman–Crippen MR) is 72.8 cm³/mol. The lowest BCUT2D eigenvalue weighted by molar-refractivity contribution is -0.138. The summed E-state index contributed by atoms with van der Waals surface area (Å²) < 4.78 is 0. The molecular formula is C12H22N2O3S. The fraction of sp³-hybridized carbons (Fsp3) is 0.833. The van der Waals surface area contributed by atoms with E-state index in [4.69, 9.17) is 5.11 Å². The van der Waals surface area contributed by atoms with Crippen LogP contribution in [-0.2, 0) is 9.59 Å². The molecule has 0 radical (unpaired) electrons. The Morgan fingerprint density at radius 1 is 1.33 bits per heavy atom. The lowest BCUT2D eigenvalue weighted by Gasteiger charge is -2.26. The Labute approximate surface area is 112 Å². The average molecular weight is 274 g/mol. The molecule has 0 aromatic heterocycles. The number of nitrogens with zero attached hydrogens (tertiary/aromatic N) is 1. The van der Waals surface area contributed by atoms with Gasteiger partial charge in [0.25, 0.3) is 0 Å². The van der Waals surface area contributed by atoms with Crippen molar-refractivity contribution in [3.8, 4) is 0 Å². The maximum absolute atomic E-state index is 11.5. The lowest BCUT2D eigenvalue weighted by Crippen LogP contribution is -2.39. The molecule has 6 heteroatoms. The largest absolute Gasteiger partial charge is 0.481 e. The van der Waals surface area contributed by atoms with Crippen LogP contribution in [0.25, 0.3) is 0 Å². The number of thioether (sulfide) groups is 1. The monoisotopic (exact) mass is 274 g/mol. The molecule has 2 N–H and O–H groups in total. The molecule has 0 bridgehead atoms. The highest BCUT2D eigenvalue weighted by atomic mass is 32.2. The fourth-order valence-electron chi connectivity index (χ4n) is 1.94. The summed E-state index contributed by atoms with van der Waals surface area (Å²) in [4.78, 5) is 24.4. The van der Waals surface area contributed by atoms with E-state index >= 15 is 0 Å². The van der Waals surface area contributed by atoms with Crippen LogP contribution in [0.3, 0.4) is 0 Å². The standard InChI is InChI=1S/C12H22N2O3S/c1-10(9-12(16)17)8-11(15)13-2-3-14-4-6-18-7-5-14/h10H,2-9H2,1H3,(H,13,15)(H,16,17). The van der Waals surface area contributed by atoms with Gasteiger partial charge in [-0.25, -0.2) is 0 Å². The molecule has 0 aromatic carbocycles. The molecule has 1 fully saturated rings. The van der Waals surface area contributed by atoms with E-state index in [-0.39, 0.29) is 18.2 Å². The Balaban J connectivity index is 2.07. The molecule has 1 rings (SSSR count). The van der Waals surface area contributed by atoms with Crippen molar-refractivity contribution in [2.75, 3.05) is 37.7 Å². The summed E-state index contributed by atoms with van der Waals surface area (Å²) in [6, 6.07) is 0. The van der Waals surface area contributed by atoms with Crippen molar-refractivity contribution in [3.05, 3.63) is 0 Å². The number of carboxylic acid groups (broad SMARTS) is 1. The van der Waals surface area contributed by atoms with Gasteiger partial charge in [-0.3, -0.25) is 14.5 Å². The van der Waals surface area contributed by atoms with Crippen molar-refractivity contribution in [2.24, 2.45) is 5.92 Å². The van der Waals surface area contributed by atoms with Crippen LogP contribution in [0.5, 0.6) is 0 Å². The van der Waals surface area contributed by atoms with Crippen molar-refractivity contribution >= 4 is 23.6 Å². The molecule has 1 aliphatic rings. The quantitative estimate of drug-likeness (QED) is 0.713. The lowest BCUT2D eigenvalue weighted by atomic mass is 10.0. The van der Waals surface area contributed by atoms with E-state index in [9.17, 15) is 9.59 Å². The summed E-state index contributed by atoms with van der Waals surface area (Å²) in [5, 5.41) is 11.5. The third kappa shape index (κ3) is 6.86. The molecule has 1 unspecified atom stereocenters. The Kier molecular flexibility index (Phi) is 7.12. The molecule has 5 nitrogen and oxygen atoms in total. The third-order valence-electron chi connectivity index (χ3n) is 2.91. The molecule has 1 amide bonds. The first-order valence-electron chi connectivity index (χ1n) is 6.36. The zero-order valence-electron chi connectivity index (χ0n) is 10.9. The molecule has 1 aliphatic heterocycles. The van der Waals surface area contributed by atoms with E-state index in [2.05, 4.69) is 10.2 Å². The zero-order chi connectivity index (χ0) is 13.4. The van der Waals surface area contributed by atoms with Crippen LogP contribution >= 0.6 is 11.8 Å². The maximum atomic E-state index is 11.5. The molecule has 0 spiro atoms. The predicted octanol–water partition coefficient (Wildman–Crippen LogP) is 0.652. The minimum absolute atomic E-state index is 0.0462. The smallest absolute Gasteiger partial charge is 0.303 e. The van der Waals surface area contributed by atoms with Crippen LogP contribution in [-0.4, -0.2) is 59.6 Å². The van der Waals surface area contributed by atoms with E-state index in [1.54, 1.807) is 6.92 Å². The van der Waals surface area contributed by atoms with Gasteiger partial charge in [-0.15, -0.1) is 0 Å². The minimum atomic E-state index is -0.846. The number of carbonyl (C=O) groups is 2. The van der Waals surface area contributed by atoms with Gasteiger partial charge in [0.1, 0.15) is 0 Å². The second kappa shape index (κ2) is 8.37. The summed E-state index contributed by atoms with van der Waals surface area (Å²) in [6.45, 7) is 5.52. The van der Waals surface area contributed by atoms with E-state index in [0.717, 1.165) is 19.6 Å². The molecule has 1 atom stereocenters. The summed E-state index contributed by atoms with van der Waals surface area (Å²) in [7, 11) is 0. The van der Waals surface area contributed by atoms with Crippen molar-refractivity contribution < 1.29 is 14.7 Å². The first-order valence-corrected chi connectivity index (χ1v) is 7.52. The first kappa shape index (κ1) is 15.3. The summed E-state index contributed by atoms with van der Waals surface area (Å²) in [5.74, 6) is 1.35. The number of hydrogen-bond donors (Lipinski definition) is 2. The Bertz CT molecular complexity index is 280. The Morgan fingerprint density at radius 2 is 2.00 bits per heavy atom. The van der Waals surface area contributed by atoms with Gasteiger partial charge in [0.2, 0.25) is 5.91 Å². The van der Waals surface area contributed by atoms with Gasteiger partial charge in [-0.05, 0) is 5.92 Å². The van der Waals surface area contributed by atoms with E-state index in [0.29, 0.717) is 13.0 Å². The van der Waals surface area contributed by atoms with Gasteiger partial charge in [0.05, 0.1) is 0 Å². The number of carboxylic acids is 1. The van der Waals surface area contributed by atoms with E-state index < -0.39 is 5.97 Å². The normalized spacial score (nSPS) is 18.3. The van der Waals surface area contributed by atoms with Crippen LogP contribution in [0.2, 0.25) is 0 Å². The molecule has 0 aliphatic carbocycles. The molecule has 104 valence electrons. The van der Waals surface area contributed by atoms with Crippen molar-refractivity contribution in [2.45, 2.75) is 19.8 Å². The van der Waals surface area contributed by atoms with Gasteiger partial charge in [0, 0.05) is 50.5 Å². The SMILES string of the molecule is CC(CC(=O)O)CC(=O)NCCN1CCSCC1. The van der Waals surface area contributed by atoms with Crippen LogP contribution in [0.15, 0.2) is 0 Å². The number of amides is 1. The number of aliphatic carboxylic acids is 1. The molecule has 0 saturated carbocycles. The first-order chi connectivity index (χ1) is 8.58.